The molecule has 0 saturated heterocycles. The Morgan fingerprint density at radius 1 is 1.19 bits per heavy atom. The second-order valence-electron chi connectivity index (χ2n) is 5.80. The Labute approximate surface area is 154 Å². The first-order valence-electron chi connectivity index (χ1n) is 7.98. The van der Waals surface area contributed by atoms with Crippen LogP contribution in [-0.4, -0.2) is 30.1 Å². The maximum atomic E-state index is 12.2. The molecule has 4 N–H and O–H groups in total. The molecule has 0 unspecified atom stereocenters. The summed E-state index contributed by atoms with van der Waals surface area (Å²) in [4.78, 5) is 23.9. The summed E-state index contributed by atoms with van der Waals surface area (Å²) in [6.45, 7) is 2.55. The number of hydrogen-bond acceptors (Lipinski definition) is 5. The summed E-state index contributed by atoms with van der Waals surface area (Å²) in [6.07, 6.45) is 0. The number of phenols is 1. The molecule has 1 aromatic heterocycles. The Hall–Kier alpha value is -3.06. The summed E-state index contributed by atoms with van der Waals surface area (Å²) in [5.74, 6) is -0.710. The molecule has 2 amide bonds. The van der Waals surface area contributed by atoms with Gasteiger partial charge in [-0.2, -0.15) is 0 Å². The van der Waals surface area contributed by atoms with Crippen LogP contribution in [0.4, 0.5) is 0 Å². The number of ether oxygens (including phenoxy) is 1. The van der Waals surface area contributed by atoms with Crippen molar-refractivity contribution in [1.82, 2.24) is 5.32 Å². The topological polar surface area (TPSA) is 102 Å². The van der Waals surface area contributed by atoms with E-state index in [1.165, 1.54) is 29.5 Å². The zero-order valence-electron chi connectivity index (χ0n) is 14.1. The van der Waals surface area contributed by atoms with E-state index in [2.05, 4.69) is 5.32 Å². The maximum Gasteiger partial charge on any atom is 0.261 e. The average molecular weight is 370 g/mol. The van der Waals surface area contributed by atoms with Crippen molar-refractivity contribution in [1.29, 1.82) is 0 Å². The van der Waals surface area contributed by atoms with Gasteiger partial charge in [-0.05, 0) is 36.6 Å². The number of primary amides is 1. The molecule has 6 nitrogen and oxygen atoms in total. The molecule has 0 fully saturated rings. The number of benzene rings is 2. The third-order valence-electron chi connectivity index (χ3n) is 3.79. The fourth-order valence-electron chi connectivity index (χ4n) is 2.50. The van der Waals surface area contributed by atoms with Gasteiger partial charge in [0, 0.05) is 10.8 Å². The summed E-state index contributed by atoms with van der Waals surface area (Å²) in [5, 5.41) is 13.6. The van der Waals surface area contributed by atoms with Crippen LogP contribution in [0.25, 0.3) is 10.1 Å². The number of nitrogens with two attached hydrogens (primary N) is 1. The third-order valence-corrected chi connectivity index (χ3v) is 4.90. The van der Waals surface area contributed by atoms with Crippen LogP contribution in [0.2, 0.25) is 0 Å². The molecule has 0 saturated carbocycles. The van der Waals surface area contributed by atoms with E-state index in [1.54, 1.807) is 0 Å². The average Bonchev–Trinajstić information content (AvgIpc) is 3.01. The highest BCUT2D eigenvalue weighted by Crippen LogP contribution is 2.26. The minimum atomic E-state index is -0.708. The van der Waals surface area contributed by atoms with Crippen LogP contribution >= 0.6 is 11.3 Å². The largest absolute Gasteiger partial charge is 0.507 e. The Morgan fingerprint density at radius 2 is 2.00 bits per heavy atom. The van der Waals surface area contributed by atoms with Gasteiger partial charge in [-0.15, -0.1) is 11.3 Å². The lowest BCUT2D eigenvalue weighted by Crippen LogP contribution is -2.27. The lowest BCUT2D eigenvalue weighted by molar-refractivity contribution is 0.0949. The van der Waals surface area contributed by atoms with Gasteiger partial charge in [0.15, 0.2) is 0 Å². The number of hydrogen-bond donors (Lipinski definition) is 3. The normalized spacial score (nSPS) is 10.7. The van der Waals surface area contributed by atoms with Gasteiger partial charge in [-0.1, -0.05) is 17.7 Å². The summed E-state index contributed by atoms with van der Waals surface area (Å²) in [6, 6.07) is 12.2. The van der Waals surface area contributed by atoms with E-state index in [-0.39, 0.29) is 23.8 Å². The monoisotopic (exact) mass is 370 g/mol. The number of thiophene rings is 1. The first-order chi connectivity index (χ1) is 12.4. The summed E-state index contributed by atoms with van der Waals surface area (Å²) in [5.41, 5.74) is 6.31. The van der Waals surface area contributed by atoms with Gasteiger partial charge < -0.3 is 20.9 Å². The molecule has 0 radical (unpaired) electrons. The summed E-state index contributed by atoms with van der Waals surface area (Å²) in [7, 11) is 0. The van der Waals surface area contributed by atoms with Gasteiger partial charge in [0.1, 0.15) is 18.1 Å². The summed E-state index contributed by atoms with van der Waals surface area (Å²) >= 11 is 1.45. The van der Waals surface area contributed by atoms with E-state index in [1.807, 2.05) is 31.2 Å². The molecular weight excluding hydrogens is 352 g/mol. The Bertz CT molecular complexity index is 981. The van der Waals surface area contributed by atoms with E-state index >= 15 is 0 Å². The van der Waals surface area contributed by atoms with Gasteiger partial charge >= 0.3 is 0 Å². The van der Waals surface area contributed by atoms with Crippen LogP contribution in [0.5, 0.6) is 11.5 Å². The first kappa shape index (κ1) is 17.8. The van der Waals surface area contributed by atoms with Crippen LogP contribution in [0.1, 0.15) is 25.6 Å². The summed E-state index contributed by atoms with van der Waals surface area (Å²) < 4.78 is 6.53. The number of aryl methyl sites for hydroxylation is 1. The molecule has 2 aromatic carbocycles. The maximum absolute atomic E-state index is 12.2. The van der Waals surface area contributed by atoms with Crippen molar-refractivity contribution in [3.63, 3.8) is 0 Å². The Balaban J connectivity index is 1.53. The van der Waals surface area contributed by atoms with E-state index in [0.29, 0.717) is 17.2 Å². The van der Waals surface area contributed by atoms with Gasteiger partial charge in [-0.25, -0.2) is 0 Å². The van der Waals surface area contributed by atoms with E-state index < -0.39 is 5.91 Å². The molecule has 0 aliphatic carbocycles. The van der Waals surface area contributed by atoms with Crippen LogP contribution in [-0.2, 0) is 0 Å². The minimum Gasteiger partial charge on any atom is -0.507 e. The minimum absolute atomic E-state index is 0.0330. The molecule has 0 aliphatic rings. The Morgan fingerprint density at radius 3 is 2.73 bits per heavy atom. The molecule has 134 valence electrons. The Kier molecular flexibility index (Phi) is 5.09. The van der Waals surface area contributed by atoms with Crippen molar-refractivity contribution in [2.75, 3.05) is 13.2 Å². The van der Waals surface area contributed by atoms with Crippen molar-refractivity contribution in [3.05, 3.63) is 58.5 Å². The van der Waals surface area contributed by atoms with Gasteiger partial charge in [0.25, 0.3) is 11.8 Å². The van der Waals surface area contributed by atoms with Crippen molar-refractivity contribution < 1.29 is 19.4 Å². The second kappa shape index (κ2) is 7.45. The predicted molar refractivity (Wildman–Crippen MR) is 101 cm³/mol. The molecule has 7 heteroatoms. The number of aromatic hydroxyl groups is 1. The van der Waals surface area contributed by atoms with Crippen molar-refractivity contribution >= 4 is 33.2 Å². The van der Waals surface area contributed by atoms with Crippen molar-refractivity contribution in [2.24, 2.45) is 5.73 Å². The number of carbonyl (C=O) groups excluding carboxylic acids is 2. The van der Waals surface area contributed by atoms with Crippen LogP contribution in [0.15, 0.2) is 42.5 Å². The van der Waals surface area contributed by atoms with Gasteiger partial charge in [-0.3, -0.25) is 9.59 Å². The predicted octanol–water partition coefficient (Wildman–Crippen LogP) is 2.82. The molecule has 1 heterocycles. The quantitative estimate of drug-likeness (QED) is 0.581. The standard InChI is InChI=1S/C19H18N2O4S/c1-11-2-5-16-12(8-11)9-17(26-16)19(24)21-6-7-25-13-3-4-14(18(20)23)15(22)10-13/h2-5,8-10,22H,6-7H2,1H3,(H2,20,23)(H,21,24). The second-order valence-corrected chi connectivity index (χ2v) is 6.88. The van der Waals surface area contributed by atoms with Gasteiger partial charge in [0.05, 0.1) is 17.0 Å². The van der Waals surface area contributed by atoms with E-state index in [4.69, 9.17) is 10.5 Å². The molecule has 3 rings (SSSR count). The molecule has 0 atom stereocenters. The van der Waals surface area contributed by atoms with E-state index in [9.17, 15) is 14.7 Å². The highest BCUT2D eigenvalue weighted by molar-refractivity contribution is 7.20. The number of amides is 2. The van der Waals surface area contributed by atoms with Crippen LogP contribution in [0.3, 0.4) is 0 Å². The number of nitrogens with one attached hydrogen (secondary N) is 1. The SMILES string of the molecule is Cc1ccc2sc(C(=O)NCCOc3ccc(C(N)=O)c(O)c3)cc2c1. The zero-order chi connectivity index (χ0) is 18.7. The molecular formula is C19H18N2O4S. The molecule has 0 aliphatic heterocycles. The lowest BCUT2D eigenvalue weighted by Gasteiger charge is -2.08. The number of fused-ring (bicyclic) bond motifs is 1. The molecule has 0 spiro atoms. The first-order valence-corrected chi connectivity index (χ1v) is 8.80. The van der Waals surface area contributed by atoms with Gasteiger partial charge in [0.2, 0.25) is 0 Å². The molecule has 26 heavy (non-hydrogen) atoms. The van der Waals surface area contributed by atoms with Crippen molar-refractivity contribution in [2.45, 2.75) is 6.92 Å². The lowest BCUT2D eigenvalue weighted by atomic mass is 10.2. The fraction of sp³-hybridized carbons (Fsp3) is 0.158. The van der Waals surface area contributed by atoms with Crippen molar-refractivity contribution in [3.8, 4) is 11.5 Å². The highest BCUT2D eigenvalue weighted by Gasteiger charge is 2.11. The third kappa shape index (κ3) is 3.94. The number of carbonyl (C=O) groups is 2. The van der Waals surface area contributed by atoms with Crippen LogP contribution in [0, 0.1) is 6.92 Å². The van der Waals surface area contributed by atoms with Crippen LogP contribution < -0.4 is 15.8 Å². The number of rotatable bonds is 6. The fourth-order valence-corrected chi connectivity index (χ4v) is 3.46. The zero-order valence-corrected chi connectivity index (χ0v) is 14.9. The molecule has 0 bridgehead atoms. The van der Waals surface area contributed by atoms with E-state index in [0.717, 1.165) is 15.6 Å². The molecule has 3 aromatic rings. The smallest absolute Gasteiger partial charge is 0.261 e. The highest BCUT2D eigenvalue weighted by atomic mass is 32.1.